The summed E-state index contributed by atoms with van der Waals surface area (Å²) in [5.41, 5.74) is 2.17. The van der Waals surface area contributed by atoms with Gasteiger partial charge in [0.2, 0.25) is 0 Å². The first kappa shape index (κ1) is 23.0. The molecule has 1 aliphatic rings. The second-order valence-electron chi connectivity index (χ2n) is 6.95. The molecule has 1 atom stereocenters. The predicted molar refractivity (Wildman–Crippen MR) is 127 cm³/mol. The molecule has 1 amide bonds. The summed E-state index contributed by atoms with van der Waals surface area (Å²) in [6, 6.07) is 13.2. The summed E-state index contributed by atoms with van der Waals surface area (Å²) in [6.45, 7) is 3.69. The Morgan fingerprint density at radius 1 is 1.32 bits per heavy atom. The first-order chi connectivity index (χ1) is 15.0. The van der Waals surface area contributed by atoms with Crippen LogP contribution in [-0.4, -0.2) is 24.1 Å². The lowest BCUT2D eigenvalue weighted by atomic mass is 9.85. The van der Waals surface area contributed by atoms with E-state index < -0.39 is 5.92 Å². The van der Waals surface area contributed by atoms with E-state index >= 15 is 0 Å². The number of carbonyl (C=O) groups is 1. The highest BCUT2D eigenvalue weighted by Gasteiger charge is 2.36. The first-order valence-electron chi connectivity index (χ1n) is 9.81. The van der Waals surface area contributed by atoms with Gasteiger partial charge in [-0.25, -0.2) is 0 Å². The maximum atomic E-state index is 13.4. The molecule has 3 rings (SSSR count). The summed E-state index contributed by atoms with van der Waals surface area (Å²) in [5.74, 6) is 1.79. The van der Waals surface area contributed by atoms with E-state index in [0.29, 0.717) is 34.0 Å². The van der Waals surface area contributed by atoms with Crippen molar-refractivity contribution in [3.63, 3.8) is 0 Å². The highest BCUT2D eigenvalue weighted by molar-refractivity contribution is 9.09. The maximum absolute atomic E-state index is 13.4. The van der Waals surface area contributed by atoms with Crippen molar-refractivity contribution in [2.75, 3.05) is 23.5 Å². The molecule has 1 aromatic heterocycles. The van der Waals surface area contributed by atoms with E-state index in [1.54, 1.807) is 31.0 Å². The van der Waals surface area contributed by atoms with E-state index in [9.17, 15) is 10.1 Å². The molecule has 162 valence electrons. The Hall–Kier alpha value is -2.63. The Kier molecular flexibility index (Phi) is 7.88. The number of benzene rings is 1. The third-order valence-electron chi connectivity index (χ3n) is 4.82. The van der Waals surface area contributed by atoms with E-state index in [1.165, 1.54) is 0 Å². The van der Waals surface area contributed by atoms with Gasteiger partial charge in [0.25, 0.3) is 5.91 Å². The fraction of sp³-hybridized carbons (Fsp3) is 0.304. The molecule has 0 aliphatic carbocycles. The van der Waals surface area contributed by atoms with Crippen molar-refractivity contribution in [3.8, 4) is 11.8 Å². The molecule has 0 fully saturated rings. The van der Waals surface area contributed by atoms with Gasteiger partial charge in [0, 0.05) is 16.8 Å². The van der Waals surface area contributed by atoms with E-state index in [2.05, 4.69) is 32.6 Å². The number of anilines is 1. The standard InChI is InChI=1S/C23H24BrN3O3S/c1-14-9-10-19(30-14)21-16(13-25)23(31-12-6-11-24)26-15(2)20(21)22(28)27-17-7-4-5-8-18(17)29-3/h4-5,7-10,21,26H,6,11-12H2,1-3H3,(H,27,28)/t21-/m1/s1. The van der Waals surface area contributed by atoms with Crippen molar-refractivity contribution in [2.24, 2.45) is 0 Å². The third kappa shape index (κ3) is 5.17. The molecule has 2 N–H and O–H groups in total. The highest BCUT2D eigenvalue weighted by atomic mass is 79.9. The Morgan fingerprint density at radius 2 is 2.10 bits per heavy atom. The molecule has 2 aromatic rings. The number of nitrogens with zero attached hydrogens (tertiary/aromatic N) is 1. The van der Waals surface area contributed by atoms with Crippen LogP contribution in [0.1, 0.15) is 30.8 Å². The van der Waals surface area contributed by atoms with Crippen LogP contribution >= 0.6 is 27.7 Å². The predicted octanol–water partition coefficient (Wildman–Crippen LogP) is 5.45. The van der Waals surface area contributed by atoms with Crippen molar-refractivity contribution in [1.82, 2.24) is 5.32 Å². The van der Waals surface area contributed by atoms with Gasteiger partial charge in [-0.05, 0) is 44.5 Å². The molecule has 0 bridgehead atoms. The number of nitrogens with one attached hydrogen (secondary N) is 2. The Morgan fingerprint density at radius 3 is 2.74 bits per heavy atom. The number of dihydropyridines is 1. The molecular formula is C23H24BrN3O3S. The number of alkyl halides is 1. The second kappa shape index (κ2) is 10.6. The molecule has 0 unspecified atom stereocenters. The SMILES string of the molecule is COc1ccccc1NC(=O)C1=C(C)NC(SCCCBr)=C(C#N)[C@@H]1c1ccc(C)o1. The van der Waals surface area contributed by atoms with E-state index in [1.807, 2.05) is 38.1 Å². The van der Waals surface area contributed by atoms with E-state index in [0.717, 1.165) is 28.3 Å². The van der Waals surface area contributed by atoms with Gasteiger partial charge in [0.05, 0.1) is 41.0 Å². The van der Waals surface area contributed by atoms with Crippen molar-refractivity contribution in [1.29, 1.82) is 5.26 Å². The zero-order chi connectivity index (χ0) is 22.4. The van der Waals surface area contributed by atoms with Gasteiger partial charge >= 0.3 is 0 Å². The number of hydrogen-bond donors (Lipinski definition) is 2. The van der Waals surface area contributed by atoms with Crippen molar-refractivity contribution < 1.29 is 13.9 Å². The quantitative estimate of drug-likeness (QED) is 0.369. The lowest BCUT2D eigenvalue weighted by Gasteiger charge is -2.28. The number of nitriles is 1. The van der Waals surface area contributed by atoms with Crippen LogP contribution in [-0.2, 0) is 4.79 Å². The largest absolute Gasteiger partial charge is 0.495 e. The Bertz CT molecular complexity index is 1070. The number of thioether (sulfide) groups is 1. The number of furan rings is 1. The minimum absolute atomic E-state index is 0.314. The van der Waals surface area contributed by atoms with Crippen molar-refractivity contribution in [3.05, 3.63) is 69.8 Å². The van der Waals surface area contributed by atoms with Crippen LogP contribution in [0.5, 0.6) is 5.75 Å². The molecular weight excluding hydrogens is 478 g/mol. The molecule has 31 heavy (non-hydrogen) atoms. The first-order valence-corrected chi connectivity index (χ1v) is 11.9. The number of methoxy groups -OCH3 is 1. The van der Waals surface area contributed by atoms with Crippen LogP contribution < -0.4 is 15.4 Å². The smallest absolute Gasteiger partial charge is 0.254 e. The second-order valence-corrected chi connectivity index (χ2v) is 8.84. The molecule has 0 radical (unpaired) electrons. The van der Waals surface area contributed by atoms with Crippen LogP contribution in [0.4, 0.5) is 5.69 Å². The molecule has 1 aromatic carbocycles. The normalized spacial score (nSPS) is 16.0. The summed E-state index contributed by atoms with van der Waals surface area (Å²) in [5, 5.41) is 17.9. The topological polar surface area (TPSA) is 87.3 Å². The monoisotopic (exact) mass is 501 g/mol. The van der Waals surface area contributed by atoms with Crippen LogP contribution in [0.2, 0.25) is 0 Å². The number of allylic oxidation sites excluding steroid dienone is 2. The van der Waals surface area contributed by atoms with Crippen molar-refractivity contribution in [2.45, 2.75) is 26.2 Å². The van der Waals surface area contributed by atoms with Crippen LogP contribution in [0, 0.1) is 18.3 Å². The summed E-state index contributed by atoms with van der Waals surface area (Å²) in [7, 11) is 1.55. The third-order valence-corrected chi connectivity index (χ3v) is 6.48. The van der Waals surface area contributed by atoms with Gasteiger partial charge in [0.1, 0.15) is 17.3 Å². The van der Waals surface area contributed by atoms with Crippen LogP contribution in [0.3, 0.4) is 0 Å². The minimum atomic E-state index is -0.596. The molecule has 1 aliphatic heterocycles. The molecule has 2 heterocycles. The maximum Gasteiger partial charge on any atom is 0.254 e. The number of carbonyl (C=O) groups excluding carboxylic acids is 1. The molecule has 8 heteroatoms. The lowest BCUT2D eigenvalue weighted by molar-refractivity contribution is -0.113. The van der Waals surface area contributed by atoms with Gasteiger partial charge in [-0.2, -0.15) is 5.26 Å². The van der Waals surface area contributed by atoms with Crippen LogP contribution in [0.25, 0.3) is 0 Å². The lowest BCUT2D eigenvalue weighted by Crippen LogP contribution is -2.30. The van der Waals surface area contributed by atoms with E-state index in [4.69, 9.17) is 9.15 Å². The number of para-hydroxylation sites is 2. The number of hydrogen-bond acceptors (Lipinski definition) is 6. The summed E-state index contributed by atoms with van der Waals surface area (Å²) in [4.78, 5) is 13.4. The Balaban J connectivity index is 2.02. The summed E-state index contributed by atoms with van der Waals surface area (Å²) in [6.07, 6.45) is 0.961. The van der Waals surface area contributed by atoms with E-state index in [-0.39, 0.29) is 5.91 Å². The zero-order valence-electron chi connectivity index (χ0n) is 17.6. The van der Waals surface area contributed by atoms with Gasteiger partial charge in [0.15, 0.2) is 0 Å². The summed E-state index contributed by atoms with van der Waals surface area (Å²) >= 11 is 5.02. The fourth-order valence-corrected chi connectivity index (χ4v) is 5.08. The molecule has 0 saturated heterocycles. The van der Waals surface area contributed by atoms with Gasteiger partial charge in [-0.3, -0.25) is 4.79 Å². The molecule has 0 spiro atoms. The van der Waals surface area contributed by atoms with Crippen molar-refractivity contribution >= 4 is 39.3 Å². The number of rotatable bonds is 8. The fourth-order valence-electron chi connectivity index (χ4n) is 3.39. The highest BCUT2D eigenvalue weighted by Crippen LogP contribution is 2.42. The molecule has 0 saturated carbocycles. The van der Waals surface area contributed by atoms with Gasteiger partial charge in [-0.1, -0.05) is 28.1 Å². The average molecular weight is 502 g/mol. The summed E-state index contributed by atoms with van der Waals surface area (Å²) < 4.78 is 11.2. The zero-order valence-corrected chi connectivity index (χ0v) is 20.0. The molecule has 6 nitrogen and oxygen atoms in total. The number of ether oxygens (including phenoxy) is 1. The van der Waals surface area contributed by atoms with Gasteiger partial charge < -0.3 is 19.8 Å². The Labute approximate surface area is 194 Å². The number of amides is 1. The number of aryl methyl sites for hydroxylation is 1. The van der Waals surface area contributed by atoms with Gasteiger partial charge in [-0.15, -0.1) is 11.8 Å². The average Bonchev–Trinajstić information content (AvgIpc) is 3.19. The minimum Gasteiger partial charge on any atom is -0.495 e. The van der Waals surface area contributed by atoms with Crippen LogP contribution in [0.15, 0.2) is 62.7 Å². The number of halogens is 1.